The lowest BCUT2D eigenvalue weighted by molar-refractivity contribution is -0.275. The first kappa shape index (κ1) is 23.9. The zero-order valence-electron chi connectivity index (χ0n) is 18.6. The van der Waals surface area contributed by atoms with Crippen LogP contribution in [0.1, 0.15) is 24.4 Å². The van der Waals surface area contributed by atoms with Crippen molar-refractivity contribution in [2.45, 2.75) is 39.2 Å². The van der Waals surface area contributed by atoms with Gasteiger partial charge in [-0.3, -0.25) is 9.36 Å². The van der Waals surface area contributed by atoms with Crippen LogP contribution >= 0.6 is 11.6 Å². The van der Waals surface area contributed by atoms with Gasteiger partial charge in [-0.05, 0) is 44.2 Å². The van der Waals surface area contributed by atoms with Crippen molar-refractivity contribution in [2.24, 2.45) is 0 Å². The number of aromatic nitrogens is 2. The minimum atomic E-state index is -4.79. The van der Waals surface area contributed by atoms with Gasteiger partial charge in [0.15, 0.2) is 11.5 Å². The van der Waals surface area contributed by atoms with Gasteiger partial charge >= 0.3 is 6.36 Å². The van der Waals surface area contributed by atoms with Crippen LogP contribution in [0.5, 0.6) is 11.5 Å². The van der Waals surface area contributed by atoms with E-state index in [1.54, 1.807) is 26.0 Å². The summed E-state index contributed by atoms with van der Waals surface area (Å²) in [5, 5.41) is 0.493. The molecule has 0 atom stereocenters. The monoisotopic (exact) mass is 493 g/mol. The molecule has 1 aliphatic heterocycles. The highest BCUT2D eigenvalue weighted by Crippen LogP contribution is 2.35. The number of piperidine rings is 1. The van der Waals surface area contributed by atoms with Crippen LogP contribution in [0.15, 0.2) is 53.3 Å². The maximum Gasteiger partial charge on any atom is 0.573 e. The maximum absolute atomic E-state index is 12.7. The molecule has 1 aromatic heterocycles. The second-order valence-corrected chi connectivity index (χ2v) is 8.46. The summed E-state index contributed by atoms with van der Waals surface area (Å²) >= 11 is 6.57. The fourth-order valence-electron chi connectivity index (χ4n) is 4.10. The smallest absolute Gasteiger partial charge is 0.486 e. The summed E-state index contributed by atoms with van der Waals surface area (Å²) in [4.78, 5) is 18.9. The Morgan fingerprint density at radius 3 is 2.32 bits per heavy atom. The number of ether oxygens (including phenoxy) is 2. The highest BCUT2D eigenvalue weighted by molar-refractivity contribution is 6.33. The van der Waals surface area contributed by atoms with Gasteiger partial charge in [-0.1, -0.05) is 23.7 Å². The van der Waals surface area contributed by atoms with Gasteiger partial charge < -0.3 is 14.4 Å². The number of benzene rings is 2. The third-order valence-electron chi connectivity index (χ3n) is 5.56. The number of halogens is 4. The first-order chi connectivity index (χ1) is 16.1. The molecule has 0 aliphatic carbocycles. The van der Waals surface area contributed by atoms with E-state index in [2.05, 4.69) is 14.6 Å². The molecule has 0 radical (unpaired) electrons. The van der Waals surface area contributed by atoms with Crippen LogP contribution in [0.3, 0.4) is 0 Å². The van der Waals surface area contributed by atoms with Gasteiger partial charge in [0.2, 0.25) is 0 Å². The van der Waals surface area contributed by atoms with E-state index in [1.807, 2.05) is 12.1 Å². The number of rotatable bonds is 5. The van der Waals surface area contributed by atoms with Crippen LogP contribution < -0.4 is 19.9 Å². The number of alkyl halides is 3. The molecule has 0 amide bonds. The van der Waals surface area contributed by atoms with Gasteiger partial charge in [-0.25, -0.2) is 4.98 Å². The summed E-state index contributed by atoms with van der Waals surface area (Å²) < 4.78 is 49.4. The highest BCUT2D eigenvalue weighted by Gasteiger charge is 2.33. The van der Waals surface area contributed by atoms with Gasteiger partial charge in [-0.15, -0.1) is 13.2 Å². The lowest BCUT2D eigenvalue weighted by Crippen LogP contribution is -2.38. The summed E-state index contributed by atoms with van der Waals surface area (Å²) in [7, 11) is 0. The van der Waals surface area contributed by atoms with Gasteiger partial charge in [0.25, 0.3) is 5.56 Å². The Morgan fingerprint density at radius 1 is 1.03 bits per heavy atom. The van der Waals surface area contributed by atoms with Crippen LogP contribution in [-0.4, -0.2) is 35.1 Å². The van der Waals surface area contributed by atoms with Gasteiger partial charge in [0.05, 0.1) is 16.4 Å². The number of aryl methyl sites for hydroxylation is 2. The lowest BCUT2D eigenvalue weighted by Gasteiger charge is -2.34. The molecular weight excluding hydrogens is 471 g/mol. The molecule has 0 N–H and O–H groups in total. The molecule has 4 rings (SSSR count). The van der Waals surface area contributed by atoms with Crippen LogP contribution in [0.25, 0.3) is 5.69 Å². The van der Waals surface area contributed by atoms with Crippen LogP contribution in [0.4, 0.5) is 18.9 Å². The molecule has 6 nitrogen and oxygen atoms in total. The molecule has 0 bridgehead atoms. The van der Waals surface area contributed by atoms with Crippen molar-refractivity contribution in [3.05, 3.63) is 75.4 Å². The molecule has 34 heavy (non-hydrogen) atoms. The highest BCUT2D eigenvalue weighted by atomic mass is 35.5. The molecular formula is C24H23ClF3N3O3. The summed E-state index contributed by atoms with van der Waals surface area (Å²) in [6.07, 6.45) is -3.85. The zero-order chi connectivity index (χ0) is 24.5. The predicted octanol–water partition coefficient (Wildman–Crippen LogP) is 5.45. The molecule has 1 fully saturated rings. The quantitative estimate of drug-likeness (QED) is 0.473. The Bertz CT molecular complexity index is 1240. The number of nitrogens with zero attached hydrogens (tertiary/aromatic N) is 3. The summed E-state index contributed by atoms with van der Waals surface area (Å²) in [6.45, 7) is 4.75. The van der Waals surface area contributed by atoms with Crippen molar-refractivity contribution in [2.75, 3.05) is 18.0 Å². The average molecular weight is 494 g/mol. The van der Waals surface area contributed by atoms with E-state index in [4.69, 9.17) is 16.3 Å². The van der Waals surface area contributed by atoms with E-state index in [0.29, 0.717) is 48.2 Å². The fraction of sp³-hybridized carbons (Fsp3) is 0.333. The molecule has 10 heteroatoms. The van der Waals surface area contributed by atoms with E-state index in [0.717, 1.165) is 5.69 Å². The Morgan fingerprint density at radius 2 is 1.71 bits per heavy atom. The molecule has 2 heterocycles. The van der Waals surface area contributed by atoms with Crippen molar-refractivity contribution in [3.63, 3.8) is 0 Å². The van der Waals surface area contributed by atoms with E-state index >= 15 is 0 Å². The normalized spacial score (nSPS) is 14.8. The second-order valence-electron chi connectivity index (χ2n) is 8.05. The van der Waals surface area contributed by atoms with Crippen LogP contribution in [0, 0.1) is 13.8 Å². The minimum absolute atomic E-state index is 0.0631. The zero-order valence-corrected chi connectivity index (χ0v) is 19.4. The van der Waals surface area contributed by atoms with Crippen molar-refractivity contribution >= 4 is 17.3 Å². The Labute approximate surface area is 199 Å². The Balaban J connectivity index is 1.44. The summed E-state index contributed by atoms with van der Waals surface area (Å²) in [6, 6.07) is 12.6. The van der Waals surface area contributed by atoms with E-state index in [1.165, 1.54) is 28.8 Å². The molecule has 180 valence electrons. The maximum atomic E-state index is 12.7. The number of para-hydroxylation sites is 2. The van der Waals surface area contributed by atoms with Crippen molar-refractivity contribution in [1.82, 2.24) is 9.55 Å². The molecule has 1 aliphatic rings. The Kier molecular flexibility index (Phi) is 6.74. The lowest BCUT2D eigenvalue weighted by atomic mass is 10.1. The first-order valence-electron chi connectivity index (χ1n) is 10.7. The first-order valence-corrected chi connectivity index (χ1v) is 11.1. The molecule has 1 saturated heterocycles. The molecule has 2 aromatic carbocycles. The fourth-order valence-corrected chi connectivity index (χ4v) is 4.39. The molecule has 0 saturated carbocycles. The standard InChI is InChI=1S/C24H23ClF3N3O3/c1-15-13-23(32)31(16(2)29-15)17-7-8-20(19(25)14-17)30-11-9-18(10-12-30)33-21-5-3-4-6-22(21)34-24(26,27)28/h3-8,13-14,18H,9-12H2,1-2H3. The molecule has 0 spiro atoms. The third kappa shape index (κ3) is 5.47. The van der Waals surface area contributed by atoms with E-state index in [9.17, 15) is 18.0 Å². The third-order valence-corrected chi connectivity index (χ3v) is 5.86. The Hall–Kier alpha value is -3.20. The second kappa shape index (κ2) is 9.58. The minimum Gasteiger partial charge on any atom is -0.486 e. The van der Waals surface area contributed by atoms with E-state index < -0.39 is 6.36 Å². The summed E-state index contributed by atoms with van der Waals surface area (Å²) in [5.41, 5.74) is 1.92. The number of hydrogen-bond donors (Lipinski definition) is 0. The molecule has 0 unspecified atom stereocenters. The largest absolute Gasteiger partial charge is 0.573 e. The average Bonchev–Trinajstić information content (AvgIpc) is 2.74. The van der Waals surface area contributed by atoms with Gasteiger partial charge in [0, 0.05) is 37.7 Å². The van der Waals surface area contributed by atoms with Crippen LogP contribution in [-0.2, 0) is 0 Å². The van der Waals surface area contributed by atoms with Crippen LogP contribution in [0.2, 0.25) is 5.02 Å². The SMILES string of the molecule is Cc1cc(=O)n(-c2ccc(N3CCC(Oc4ccccc4OC(F)(F)F)CC3)c(Cl)c2)c(C)n1. The van der Waals surface area contributed by atoms with Crippen molar-refractivity contribution < 1.29 is 22.6 Å². The number of anilines is 1. The van der Waals surface area contributed by atoms with Crippen molar-refractivity contribution in [3.8, 4) is 17.2 Å². The molecule has 3 aromatic rings. The van der Waals surface area contributed by atoms with Gasteiger partial charge in [-0.2, -0.15) is 0 Å². The topological polar surface area (TPSA) is 56.6 Å². The van der Waals surface area contributed by atoms with Crippen molar-refractivity contribution in [1.29, 1.82) is 0 Å². The summed E-state index contributed by atoms with van der Waals surface area (Å²) in [5.74, 6) is 0.280. The number of hydrogen-bond acceptors (Lipinski definition) is 5. The van der Waals surface area contributed by atoms with E-state index in [-0.39, 0.29) is 23.2 Å². The van der Waals surface area contributed by atoms with Gasteiger partial charge in [0.1, 0.15) is 11.9 Å². The predicted molar refractivity (Wildman–Crippen MR) is 123 cm³/mol.